The molecular weight excluding hydrogens is 500 g/mol. The predicted molar refractivity (Wildman–Crippen MR) is 136 cm³/mol. The number of carbonyl (C=O) groups excluding carboxylic acids is 3. The third-order valence-electron chi connectivity index (χ3n) is 5.84. The number of hydrogen-bond donors (Lipinski definition) is 9. The van der Waals surface area contributed by atoms with E-state index < -0.39 is 66.9 Å². The molecule has 0 fully saturated rings. The van der Waals surface area contributed by atoms with E-state index in [2.05, 4.69) is 20.9 Å². The van der Waals surface area contributed by atoms with Crippen LogP contribution >= 0.6 is 0 Å². The molecule has 0 bridgehead atoms. The van der Waals surface area contributed by atoms with Gasteiger partial charge in [0.15, 0.2) is 0 Å². The molecule has 14 nitrogen and oxygen atoms in total. The number of aliphatic hydroxyl groups is 1. The number of aromatic amines is 1. The predicted octanol–water partition coefficient (Wildman–Crippen LogP) is -1.83. The van der Waals surface area contributed by atoms with E-state index in [1.165, 1.54) is 0 Å². The normalized spacial score (nSPS) is 14.2. The van der Waals surface area contributed by atoms with Crippen LogP contribution in [0, 0.1) is 0 Å². The second kappa shape index (κ2) is 14.7. The highest BCUT2D eigenvalue weighted by Crippen LogP contribution is 2.19. The number of nitrogens with two attached hydrogens (primary N) is 2. The van der Waals surface area contributed by atoms with E-state index in [1.54, 1.807) is 24.4 Å². The third kappa shape index (κ3) is 8.83. The number of unbranched alkanes of at least 4 members (excludes halogenated alkanes) is 1. The number of aromatic nitrogens is 1. The number of aliphatic hydroxyl groups excluding tert-OH is 1. The number of fused-ring (bicyclic) bond motifs is 1. The lowest BCUT2D eigenvalue weighted by atomic mass is 10.0. The van der Waals surface area contributed by atoms with Crippen LogP contribution in [0.4, 0.5) is 0 Å². The van der Waals surface area contributed by atoms with Crippen LogP contribution in [0.15, 0.2) is 30.5 Å². The summed E-state index contributed by atoms with van der Waals surface area (Å²) in [6, 6.07) is 1.64. The number of hydrogen-bond acceptors (Lipinski definition) is 8. The number of para-hydroxylation sites is 1. The fourth-order valence-electron chi connectivity index (χ4n) is 3.77. The van der Waals surface area contributed by atoms with Crippen molar-refractivity contribution in [3.05, 3.63) is 36.0 Å². The van der Waals surface area contributed by atoms with Crippen molar-refractivity contribution in [2.45, 2.75) is 56.3 Å². The van der Waals surface area contributed by atoms with Gasteiger partial charge in [0, 0.05) is 23.5 Å². The van der Waals surface area contributed by atoms with Crippen molar-refractivity contribution in [2.24, 2.45) is 11.5 Å². The first kappa shape index (κ1) is 30.2. The van der Waals surface area contributed by atoms with Crippen LogP contribution in [-0.2, 0) is 30.4 Å². The van der Waals surface area contributed by atoms with E-state index in [1.807, 2.05) is 6.07 Å². The molecule has 0 aliphatic carbocycles. The Kier molecular flexibility index (Phi) is 11.7. The molecule has 11 N–H and O–H groups in total. The van der Waals surface area contributed by atoms with Crippen LogP contribution < -0.4 is 27.4 Å². The largest absolute Gasteiger partial charge is 0.481 e. The van der Waals surface area contributed by atoms with Gasteiger partial charge < -0.3 is 47.7 Å². The summed E-state index contributed by atoms with van der Waals surface area (Å²) in [5, 5.41) is 35.8. The van der Waals surface area contributed by atoms with Gasteiger partial charge in [-0.2, -0.15) is 0 Å². The van der Waals surface area contributed by atoms with Crippen LogP contribution in [-0.4, -0.2) is 87.3 Å². The maximum atomic E-state index is 13.0. The van der Waals surface area contributed by atoms with Crippen LogP contribution in [0.2, 0.25) is 0 Å². The number of carboxylic acid groups (broad SMARTS) is 2. The van der Waals surface area contributed by atoms with Crippen molar-refractivity contribution in [3.63, 3.8) is 0 Å². The van der Waals surface area contributed by atoms with Gasteiger partial charge in [0.25, 0.3) is 0 Å². The minimum absolute atomic E-state index is 0.102. The molecule has 1 aromatic carbocycles. The number of H-pyrrole nitrogens is 1. The van der Waals surface area contributed by atoms with Crippen LogP contribution in [0.3, 0.4) is 0 Å². The molecule has 0 saturated heterocycles. The monoisotopic (exact) mass is 534 g/mol. The number of carboxylic acids is 2. The fraction of sp³-hybridized carbons (Fsp3) is 0.458. The summed E-state index contributed by atoms with van der Waals surface area (Å²) in [5.41, 5.74) is 12.4. The van der Waals surface area contributed by atoms with Gasteiger partial charge in [-0.1, -0.05) is 18.2 Å². The first-order chi connectivity index (χ1) is 18.1. The van der Waals surface area contributed by atoms with E-state index in [0.29, 0.717) is 24.9 Å². The van der Waals surface area contributed by atoms with Gasteiger partial charge in [0.05, 0.1) is 13.0 Å². The SMILES string of the molecule is NCCCCC(NC(=O)C(N)CO)C(=O)NC(CC(=O)O)C(=O)NC(Cc1c[nH]c2ccccc12)C(=O)O. The van der Waals surface area contributed by atoms with E-state index in [-0.39, 0.29) is 12.8 Å². The summed E-state index contributed by atoms with van der Waals surface area (Å²) < 4.78 is 0. The highest BCUT2D eigenvalue weighted by Gasteiger charge is 2.31. The topological polar surface area (TPSA) is 250 Å². The van der Waals surface area contributed by atoms with Gasteiger partial charge in [-0.25, -0.2) is 4.79 Å². The van der Waals surface area contributed by atoms with E-state index in [9.17, 15) is 34.2 Å². The van der Waals surface area contributed by atoms with Crippen LogP contribution in [0.25, 0.3) is 10.9 Å². The van der Waals surface area contributed by atoms with E-state index in [0.717, 1.165) is 10.9 Å². The Hall–Kier alpha value is -4.01. The van der Waals surface area contributed by atoms with Crippen molar-refractivity contribution in [1.29, 1.82) is 0 Å². The molecular formula is C24H34N6O8. The summed E-state index contributed by atoms with van der Waals surface area (Å²) >= 11 is 0. The average Bonchev–Trinajstić information content (AvgIpc) is 3.29. The van der Waals surface area contributed by atoms with Crippen molar-refractivity contribution in [1.82, 2.24) is 20.9 Å². The molecule has 2 aromatic rings. The van der Waals surface area contributed by atoms with Crippen LogP contribution in [0.5, 0.6) is 0 Å². The Balaban J connectivity index is 2.17. The molecule has 38 heavy (non-hydrogen) atoms. The van der Waals surface area contributed by atoms with Crippen LogP contribution in [0.1, 0.15) is 31.2 Å². The molecule has 0 saturated carbocycles. The highest BCUT2D eigenvalue weighted by molar-refractivity contribution is 5.95. The van der Waals surface area contributed by atoms with Crippen molar-refractivity contribution >= 4 is 40.6 Å². The Morgan fingerprint density at radius 1 is 0.895 bits per heavy atom. The molecule has 0 spiro atoms. The minimum atomic E-state index is -1.63. The molecule has 1 aromatic heterocycles. The molecule has 4 unspecified atom stereocenters. The zero-order chi connectivity index (χ0) is 28.2. The number of nitrogens with one attached hydrogen (secondary N) is 4. The molecule has 1 heterocycles. The molecule has 2 rings (SSSR count). The zero-order valence-electron chi connectivity index (χ0n) is 20.7. The second-order valence-electron chi connectivity index (χ2n) is 8.76. The maximum Gasteiger partial charge on any atom is 0.326 e. The number of benzene rings is 1. The number of amides is 3. The summed E-state index contributed by atoms with van der Waals surface area (Å²) in [7, 11) is 0. The molecule has 0 aliphatic rings. The molecule has 0 aliphatic heterocycles. The van der Waals surface area contributed by atoms with Gasteiger partial charge in [0.2, 0.25) is 17.7 Å². The smallest absolute Gasteiger partial charge is 0.326 e. The standard InChI is InChI=1S/C24H34N6O8/c25-8-4-3-7-17(28-21(34)15(26)12-31)22(35)29-18(10-20(32)33)23(36)30-19(24(37)38)9-13-11-27-16-6-2-1-5-14(13)16/h1-2,5-6,11,15,17-19,27,31H,3-4,7-10,12,25-26H2,(H,28,34)(H,29,35)(H,30,36)(H,32,33)(H,37,38). The third-order valence-corrected chi connectivity index (χ3v) is 5.84. The molecule has 208 valence electrons. The fourth-order valence-corrected chi connectivity index (χ4v) is 3.77. The number of aliphatic carboxylic acids is 2. The van der Waals surface area contributed by atoms with Crippen molar-refractivity contribution in [3.8, 4) is 0 Å². The first-order valence-corrected chi connectivity index (χ1v) is 12.0. The maximum absolute atomic E-state index is 13.0. The van der Waals surface area contributed by atoms with Crippen molar-refractivity contribution < 1.29 is 39.3 Å². The van der Waals surface area contributed by atoms with Gasteiger partial charge in [-0.05, 0) is 37.4 Å². The number of rotatable bonds is 16. The second-order valence-corrected chi connectivity index (χ2v) is 8.76. The molecule has 3 amide bonds. The lowest BCUT2D eigenvalue weighted by Crippen LogP contribution is -2.58. The molecule has 0 radical (unpaired) electrons. The summed E-state index contributed by atoms with van der Waals surface area (Å²) in [5.74, 6) is -5.48. The average molecular weight is 535 g/mol. The Labute approximate surface area is 218 Å². The zero-order valence-corrected chi connectivity index (χ0v) is 20.7. The lowest BCUT2D eigenvalue weighted by molar-refractivity contribution is -0.143. The molecule has 14 heteroatoms. The highest BCUT2D eigenvalue weighted by atomic mass is 16.4. The van der Waals surface area contributed by atoms with Gasteiger partial charge in [-0.3, -0.25) is 19.2 Å². The van der Waals surface area contributed by atoms with Crippen molar-refractivity contribution in [2.75, 3.05) is 13.2 Å². The van der Waals surface area contributed by atoms with Gasteiger partial charge in [-0.15, -0.1) is 0 Å². The Bertz CT molecular complexity index is 1140. The lowest BCUT2D eigenvalue weighted by Gasteiger charge is -2.24. The first-order valence-electron chi connectivity index (χ1n) is 12.0. The molecule has 4 atom stereocenters. The summed E-state index contributed by atoms with van der Waals surface area (Å²) in [6.45, 7) is -0.338. The number of carbonyl (C=O) groups is 5. The van der Waals surface area contributed by atoms with Gasteiger partial charge in [0.1, 0.15) is 24.2 Å². The Morgan fingerprint density at radius 2 is 1.53 bits per heavy atom. The van der Waals surface area contributed by atoms with Gasteiger partial charge >= 0.3 is 11.9 Å². The summed E-state index contributed by atoms with van der Waals surface area (Å²) in [4.78, 5) is 64.4. The Morgan fingerprint density at radius 3 is 2.16 bits per heavy atom. The summed E-state index contributed by atoms with van der Waals surface area (Å²) in [6.07, 6.45) is 1.73. The van der Waals surface area contributed by atoms with E-state index >= 15 is 0 Å². The van der Waals surface area contributed by atoms with E-state index in [4.69, 9.17) is 16.6 Å². The minimum Gasteiger partial charge on any atom is -0.481 e. The quantitative estimate of drug-likeness (QED) is 0.109.